The maximum Gasteiger partial charge on any atom is 0.515 e. The Morgan fingerprint density at radius 1 is 1.19 bits per heavy atom. The van der Waals surface area contributed by atoms with E-state index in [0.717, 1.165) is 25.3 Å². The molecule has 0 fully saturated rings. The number of hydrogen-bond acceptors (Lipinski definition) is 7. The Morgan fingerprint density at radius 2 is 1.85 bits per heavy atom. The Bertz CT molecular complexity index is 705. The number of likely N-dealkylation sites (N-methyl/N-ethyl adjacent to an activating group) is 1. The lowest BCUT2D eigenvalue weighted by molar-refractivity contribution is 0.102. The summed E-state index contributed by atoms with van der Waals surface area (Å²) in [6.45, 7) is 9.37. The molecule has 0 spiro atoms. The van der Waals surface area contributed by atoms with Crippen molar-refractivity contribution in [2.75, 3.05) is 31.6 Å². The van der Waals surface area contributed by atoms with Crippen molar-refractivity contribution in [3.8, 4) is 5.88 Å². The molecule has 1 aromatic heterocycles. The van der Waals surface area contributed by atoms with Crippen LogP contribution in [-0.2, 0) is 11.3 Å². The van der Waals surface area contributed by atoms with Crippen molar-refractivity contribution in [2.24, 2.45) is 0 Å². The third-order valence-corrected chi connectivity index (χ3v) is 3.94. The maximum absolute atomic E-state index is 11.7. The summed E-state index contributed by atoms with van der Waals surface area (Å²) >= 11 is 5.90. The summed E-state index contributed by atoms with van der Waals surface area (Å²) in [5.74, 6) is 0.401. The van der Waals surface area contributed by atoms with E-state index in [9.17, 15) is 4.79 Å². The number of nitrogens with one attached hydrogen (secondary N) is 1. The number of hydrogen-bond donors (Lipinski definition) is 1. The first-order chi connectivity index (χ1) is 12.5. The minimum absolute atomic E-state index is 0. The largest absolute Gasteiger partial charge is 0.515 e. The Morgan fingerprint density at radius 3 is 2.44 bits per heavy atom. The smallest absolute Gasteiger partial charge is 0.434 e. The molecule has 10 heteroatoms. The summed E-state index contributed by atoms with van der Waals surface area (Å²) in [4.78, 5) is 15.4. The van der Waals surface area contributed by atoms with Crippen molar-refractivity contribution in [2.45, 2.75) is 27.3 Å². The van der Waals surface area contributed by atoms with Crippen LogP contribution < -0.4 is 10.1 Å². The summed E-state index contributed by atoms with van der Waals surface area (Å²) in [6, 6.07) is 7.10. The third-order valence-electron chi connectivity index (χ3n) is 3.68. The van der Waals surface area contributed by atoms with Crippen molar-refractivity contribution in [1.82, 2.24) is 19.9 Å². The zero-order chi connectivity index (χ0) is 18.9. The molecule has 27 heavy (non-hydrogen) atoms. The molecule has 0 aliphatic heterocycles. The van der Waals surface area contributed by atoms with Crippen molar-refractivity contribution >= 4 is 41.7 Å². The van der Waals surface area contributed by atoms with E-state index >= 15 is 0 Å². The minimum Gasteiger partial charge on any atom is -0.434 e. The molecule has 0 saturated carbocycles. The topological polar surface area (TPSA) is 81.5 Å². The predicted octanol–water partition coefficient (Wildman–Crippen LogP) is 3.97. The normalized spacial score (nSPS) is 10.4. The van der Waals surface area contributed by atoms with Crippen LogP contribution in [0.5, 0.6) is 5.88 Å². The Labute approximate surface area is 170 Å². The molecule has 0 aliphatic carbocycles. The number of carbonyl (C=O) groups excluding carboxylic acids is 1. The highest BCUT2D eigenvalue weighted by Gasteiger charge is 2.18. The van der Waals surface area contributed by atoms with Gasteiger partial charge in [0.25, 0.3) is 5.88 Å². The number of benzene rings is 1. The highest BCUT2D eigenvalue weighted by molar-refractivity contribution is 6.30. The molecule has 0 atom stereocenters. The first kappa shape index (κ1) is 23.0. The van der Waals surface area contributed by atoms with Gasteiger partial charge in [0, 0.05) is 17.3 Å². The molecule has 0 unspecified atom stereocenters. The predicted molar refractivity (Wildman–Crippen MR) is 107 cm³/mol. The van der Waals surface area contributed by atoms with Crippen molar-refractivity contribution in [3.05, 3.63) is 29.3 Å². The van der Waals surface area contributed by atoms with E-state index in [0.29, 0.717) is 17.4 Å². The van der Waals surface area contributed by atoms with E-state index in [-0.39, 0.29) is 24.9 Å². The number of nitrogens with zero attached hydrogens (tertiary/aromatic N) is 4. The van der Waals surface area contributed by atoms with Gasteiger partial charge < -0.3 is 19.7 Å². The van der Waals surface area contributed by atoms with E-state index in [1.165, 1.54) is 4.80 Å². The number of anilines is 2. The van der Waals surface area contributed by atoms with E-state index in [4.69, 9.17) is 21.1 Å². The maximum atomic E-state index is 11.7. The van der Waals surface area contributed by atoms with Gasteiger partial charge in [0.2, 0.25) is 5.82 Å². The molecule has 0 bridgehead atoms. The molecule has 1 N–H and O–H groups in total. The minimum atomic E-state index is -0.817. The molecule has 150 valence electrons. The van der Waals surface area contributed by atoms with Crippen LogP contribution in [0.2, 0.25) is 5.02 Å². The fourth-order valence-electron chi connectivity index (χ4n) is 2.25. The summed E-state index contributed by atoms with van der Waals surface area (Å²) in [5.41, 5.74) is 0.749. The van der Waals surface area contributed by atoms with E-state index in [1.807, 2.05) is 0 Å². The van der Waals surface area contributed by atoms with Gasteiger partial charge in [-0.1, -0.05) is 25.4 Å². The van der Waals surface area contributed by atoms with Gasteiger partial charge in [-0.15, -0.1) is 22.6 Å². The van der Waals surface area contributed by atoms with Crippen LogP contribution in [0.15, 0.2) is 24.3 Å². The fourth-order valence-corrected chi connectivity index (χ4v) is 2.37. The van der Waals surface area contributed by atoms with Crippen LogP contribution in [0.25, 0.3) is 0 Å². The van der Waals surface area contributed by atoms with Gasteiger partial charge in [-0.25, -0.2) is 4.79 Å². The van der Waals surface area contributed by atoms with Crippen LogP contribution in [0.1, 0.15) is 20.8 Å². The lowest BCUT2D eigenvalue weighted by Gasteiger charge is -2.16. The van der Waals surface area contributed by atoms with Crippen LogP contribution in [-0.4, -0.2) is 52.3 Å². The Hall–Kier alpha value is -2.03. The average Bonchev–Trinajstić information content (AvgIpc) is 2.99. The second-order valence-electron chi connectivity index (χ2n) is 5.39. The summed E-state index contributed by atoms with van der Waals surface area (Å²) < 4.78 is 9.98. The third kappa shape index (κ3) is 7.24. The molecule has 8 nitrogen and oxygen atoms in total. The van der Waals surface area contributed by atoms with Crippen LogP contribution in [0, 0.1) is 0 Å². The van der Waals surface area contributed by atoms with E-state index < -0.39 is 6.16 Å². The zero-order valence-corrected chi connectivity index (χ0v) is 17.2. The number of carbonyl (C=O) groups is 1. The molecule has 2 aromatic rings. The SMILES string of the molecule is CCOC(=O)Oc1nn(CCN(CC)CC)nc1Nc1ccc(Cl)cc1.Cl. The Balaban J connectivity index is 0.00000364. The summed E-state index contributed by atoms with van der Waals surface area (Å²) in [7, 11) is 0. The van der Waals surface area contributed by atoms with Crippen molar-refractivity contribution in [1.29, 1.82) is 0 Å². The van der Waals surface area contributed by atoms with Gasteiger partial charge in [0.15, 0.2) is 0 Å². The van der Waals surface area contributed by atoms with Gasteiger partial charge in [0.1, 0.15) is 0 Å². The fraction of sp³-hybridized carbons (Fsp3) is 0.471. The van der Waals surface area contributed by atoms with Crippen LogP contribution >= 0.6 is 24.0 Å². The molecular weight excluding hydrogens is 393 g/mol. The molecule has 1 heterocycles. The molecule has 1 aromatic carbocycles. The van der Waals surface area contributed by atoms with Gasteiger partial charge in [-0.05, 0) is 44.3 Å². The first-order valence-corrected chi connectivity index (χ1v) is 8.98. The van der Waals surface area contributed by atoms with Gasteiger partial charge >= 0.3 is 6.16 Å². The van der Waals surface area contributed by atoms with E-state index in [1.54, 1.807) is 31.2 Å². The molecule has 0 aliphatic rings. The first-order valence-electron chi connectivity index (χ1n) is 8.60. The second kappa shape index (κ2) is 11.6. The lowest BCUT2D eigenvalue weighted by atomic mass is 10.3. The quantitative estimate of drug-likeness (QED) is 0.617. The molecular formula is C17H25Cl2N5O3. The van der Waals surface area contributed by atoms with Gasteiger partial charge in [-0.3, -0.25) is 0 Å². The van der Waals surface area contributed by atoms with Crippen LogP contribution in [0.3, 0.4) is 0 Å². The van der Waals surface area contributed by atoms with Crippen molar-refractivity contribution < 1.29 is 14.3 Å². The number of halogens is 2. The molecule has 0 radical (unpaired) electrons. The van der Waals surface area contributed by atoms with E-state index in [2.05, 4.69) is 34.3 Å². The number of aromatic nitrogens is 3. The number of ether oxygens (including phenoxy) is 2. The standard InChI is InChI=1S/C17H24ClN5O3.ClH/c1-4-22(5-2)11-12-23-20-15(16(21-23)26-17(24)25-6-3)19-14-9-7-13(18)8-10-14;/h7-10H,4-6,11-12H2,1-3H3,(H,19,20);1H. The Kier molecular flexibility index (Phi) is 9.92. The zero-order valence-electron chi connectivity index (χ0n) is 15.6. The highest BCUT2D eigenvalue weighted by atomic mass is 35.5. The summed E-state index contributed by atoms with van der Waals surface area (Å²) in [6.07, 6.45) is -0.817. The summed E-state index contributed by atoms with van der Waals surface area (Å²) in [5, 5.41) is 12.3. The van der Waals surface area contributed by atoms with Gasteiger partial charge in [-0.2, -0.15) is 4.80 Å². The molecule has 0 amide bonds. The monoisotopic (exact) mass is 417 g/mol. The lowest BCUT2D eigenvalue weighted by Crippen LogP contribution is -2.27. The van der Waals surface area contributed by atoms with Crippen molar-refractivity contribution in [3.63, 3.8) is 0 Å². The second-order valence-corrected chi connectivity index (χ2v) is 5.83. The average molecular weight is 418 g/mol. The molecule has 0 saturated heterocycles. The number of rotatable bonds is 9. The van der Waals surface area contributed by atoms with Gasteiger partial charge in [0.05, 0.1) is 13.2 Å². The molecule has 2 rings (SSSR count). The van der Waals surface area contributed by atoms with Crippen LogP contribution in [0.4, 0.5) is 16.3 Å². The highest BCUT2D eigenvalue weighted by Crippen LogP contribution is 2.25.